The van der Waals surface area contributed by atoms with E-state index in [1.165, 1.54) is 23.3 Å². The molecule has 1 saturated carbocycles. The second-order valence-corrected chi connectivity index (χ2v) is 7.12. The van der Waals surface area contributed by atoms with Crippen LogP contribution in [0.15, 0.2) is 30.4 Å². The topological polar surface area (TPSA) is 39.5 Å². The summed E-state index contributed by atoms with van der Waals surface area (Å²) >= 11 is 0. The van der Waals surface area contributed by atoms with E-state index in [2.05, 4.69) is 43.7 Å². The molecule has 4 nitrogen and oxygen atoms in total. The molecule has 0 aliphatic heterocycles. The lowest BCUT2D eigenvalue weighted by molar-refractivity contribution is -0.912. The first-order valence-electron chi connectivity index (χ1n) is 8.66. The van der Waals surface area contributed by atoms with E-state index in [4.69, 9.17) is 9.47 Å². The van der Waals surface area contributed by atoms with E-state index in [1.807, 2.05) is 6.07 Å². The van der Waals surface area contributed by atoms with Crippen LogP contribution in [0.3, 0.4) is 0 Å². The molecule has 0 saturated heterocycles. The van der Waals surface area contributed by atoms with E-state index in [-0.39, 0.29) is 0 Å². The molecule has 1 aromatic rings. The molecule has 0 spiro atoms. The monoisotopic (exact) mass is 318 g/mol. The zero-order valence-corrected chi connectivity index (χ0v) is 14.7. The third kappa shape index (κ3) is 3.24. The maximum absolute atomic E-state index is 5.47. The summed E-state index contributed by atoms with van der Waals surface area (Å²) in [4.78, 5) is 1.45. The number of rotatable bonds is 7. The van der Waals surface area contributed by atoms with E-state index in [9.17, 15) is 0 Å². The number of ether oxygens (including phenoxy) is 2. The number of hydrogen-bond donors (Lipinski definition) is 2. The van der Waals surface area contributed by atoms with Crippen molar-refractivity contribution in [3.63, 3.8) is 0 Å². The van der Waals surface area contributed by atoms with E-state index in [0.29, 0.717) is 6.04 Å². The second kappa shape index (κ2) is 6.93. The lowest BCUT2D eigenvalue weighted by Gasteiger charge is -2.38. The highest BCUT2D eigenvalue weighted by Gasteiger charge is 2.44. The van der Waals surface area contributed by atoms with Crippen LogP contribution in [0.4, 0.5) is 0 Å². The molecule has 2 aliphatic carbocycles. The average Bonchev–Trinajstić information content (AvgIpc) is 2.91. The summed E-state index contributed by atoms with van der Waals surface area (Å²) in [5.74, 6) is 3.37. The molecule has 0 unspecified atom stereocenters. The van der Waals surface area contributed by atoms with Crippen molar-refractivity contribution >= 4 is 0 Å². The first kappa shape index (κ1) is 16.3. The molecule has 0 heterocycles. The Morgan fingerprint density at radius 1 is 1.22 bits per heavy atom. The van der Waals surface area contributed by atoms with E-state index >= 15 is 0 Å². The maximum atomic E-state index is 5.47. The number of methoxy groups -OCH3 is 2. The molecule has 23 heavy (non-hydrogen) atoms. The smallest absolute Gasteiger partial charge is 0.162 e. The Bertz CT molecular complexity index is 570. The third-order valence-corrected chi connectivity index (χ3v) is 5.59. The Balaban J connectivity index is 1.67. The number of nitrogens with two attached hydrogens (primary N) is 1. The van der Waals surface area contributed by atoms with Gasteiger partial charge in [0.15, 0.2) is 17.5 Å². The van der Waals surface area contributed by atoms with Gasteiger partial charge in [-0.1, -0.05) is 12.2 Å². The molecule has 3 N–H and O–H groups in total. The van der Waals surface area contributed by atoms with Crippen molar-refractivity contribution < 1.29 is 19.7 Å². The number of allylic oxidation sites excluding steroid dienone is 1. The predicted octanol–water partition coefficient (Wildman–Crippen LogP) is 0.417. The highest BCUT2D eigenvalue weighted by Crippen LogP contribution is 2.40. The summed E-state index contributed by atoms with van der Waals surface area (Å²) in [7, 11) is 7.84. The Morgan fingerprint density at radius 2 is 2.00 bits per heavy atom. The molecular formula is C19H30N2O2+2. The van der Waals surface area contributed by atoms with Gasteiger partial charge in [-0.15, -0.1) is 0 Å². The van der Waals surface area contributed by atoms with E-state index < -0.39 is 0 Å². The Kier molecular flexibility index (Phi) is 4.93. The molecule has 1 aromatic carbocycles. The van der Waals surface area contributed by atoms with Gasteiger partial charge in [0.1, 0.15) is 6.54 Å². The summed E-state index contributed by atoms with van der Waals surface area (Å²) < 4.78 is 10.8. The minimum absolute atomic E-state index is 0.458. The van der Waals surface area contributed by atoms with Crippen LogP contribution >= 0.6 is 0 Å². The fraction of sp³-hybridized carbons (Fsp3) is 0.579. The standard InChI is InChI=1S/C19H28N2O2/c1-21(2)17(12-20-16-10-13-6-5-7-15(13)16)14-8-9-18(22-3)19(11-14)23-4/h5,7-9,11,13,15-17,20H,6,10,12H2,1-4H3/p+2/t13-,15+,16-,17+/m1/s1. The molecule has 3 rings (SSSR count). The van der Waals surface area contributed by atoms with Crippen molar-refractivity contribution in [3.05, 3.63) is 35.9 Å². The van der Waals surface area contributed by atoms with Crippen LogP contribution in [0.25, 0.3) is 0 Å². The quantitative estimate of drug-likeness (QED) is 0.715. The molecule has 0 radical (unpaired) electrons. The maximum Gasteiger partial charge on any atom is 0.162 e. The zero-order valence-electron chi connectivity index (χ0n) is 14.7. The van der Waals surface area contributed by atoms with Crippen LogP contribution in [0.2, 0.25) is 0 Å². The Labute approximate surface area is 139 Å². The number of likely N-dealkylation sites (N-methyl/N-ethyl adjacent to an activating group) is 1. The van der Waals surface area contributed by atoms with Crippen LogP contribution in [0, 0.1) is 11.8 Å². The van der Waals surface area contributed by atoms with Crippen molar-refractivity contribution in [2.24, 2.45) is 11.8 Å². The summed E-state index contributed by atoms with van der Waals surface area (Å²) in [5, 5.41) is 2.56. The minimum atomic E-state index is 0.458. The molecular weight excluding hydrogens is 288 g/mol. The van der Waals surface area contributed by atoms with Crippen LogP contribution in [0.1, 0.15) is 24.4 Å². The zero-order chi connectivity index (χ0) is 16.4. The first-order valence-corrected chi connectivity index (χ1v) is 8.66. The number of quaternary nitrogens is 2. The highest BCUT2D eigenvalue weighted by atomic mass is 16.5. The van der Waals surface area contributed by atoms with Gasteiger partial charge < -0.3 is 19.7 Å². The minimum Gasteiger partial charge on any atom is -0.493 e. The third-order valence-electron chi connectivity index (χ3n) is 5.59. The summed E-state index contributed by atoms with van der Waals surface area (Å²) in [6.07, 6.45) is 7.47. The number of hydrogen-bond acceptors (Lipinski definition) is 2. The van der Waals surface area contributed by atoms with Crippen molar-refractivity contribution in [2.45, 2.75) is 24.9 Å². The van der Waals surface area contributed by atoms with Gasteiger partial charge in [-0.05, 0) is 30.5 Å². The summed E-state index contributed by atoms with van der Waals surface area (Å²) in [6, 6.07) is 7.55. The fourth-order valence-electron chi connectivity index (χ4n) is 4.12. The largest absolute Gasteiger partial charge is 0.493 e. The Hall–Kier alpha value is -1.52. The first-order chi connectivity index (χ1) is 11.1. The van der Waals surface area contributed by atoms with Gasteiger partial charge in [-0.3, -0.25) is 0 Å². The van der Waals surface area contributed by atoms with Gasteiger partial charge in [0, 0.05) is 17.9 Å². The molecule has 1 fully saturated rings. The predicted molar refractivity (Wildman–Crippen MR) is 91.0 cm³/mol. The molecule has 0 bridgehead atoms. The van der Waals surface area contributed by atoms with Gasteiger partial charge in [0.2, 0.25) is 0 Å². The normalized spacial score (nSPS) is 26.7. The van der Waals surface area contributed by atoms with Crippen LogP contribution in [0.5, 0.6) is 11.5 Å². The molecule has 0 amide bonds. The lowest BCUT2D eigenvalue weighted by atomic mass is 9.71. The molecule has 2 aliphatic rings. The highest BCUT2D eigenvalue weighted by molar-refractivity contribution is 5.43. The van der Waals surface area contributed by atoms with Crippen LogP contribution < -0.4 is 19.7 Å². The van der Waals surface area contributed by atoms with Gasteiger partial charge in [-0.25, -0.2) is 0 Å². The molecule has 4 atom stereocenters. The van der Waals surface area contributed by atoms with Crippen LogP contribution in [-0.4, -0.2) is 40.9 Å². The molecule has 4 heteroatoms. The van der Waals surface area contributed by atoms with Crippen LogP contribution in [-0.2, 0) is 0 Å². The molecule has 0 aromatic heterocycles. The van der Waals surface area contributed by atoms with Crippen molar-refractivity contribution in [1.29, 1.82) is 0 Å². The second-order valence-electron chi connectivity index (χ2n) is 7.12. The number of fused-ring (bicyclic) bond motifs is 1. The average molecular weight is 318 g/mol. The van der Waals surface area contributed by atoms with Gasteiger partial charge in [0.25, 0.3) is 0 Å². The molecule has 126 valence electrons. The van der Waals surface area contributed by atoms with E-state index in [1.54, 1.807) is 14.2 Å². The van der Waals surface area contributed by atoms with Gasteiger partial charge >= 0.3 is 0 Å². The van der Waals surface area contributed by atoms with Gasteiger partial charge in [-0.2, -0.15) is 0 Å². The lowest BCUT2D eigenvalue weighted by Crippen LogP contribution is -3.10. The summed E-state index contributed by atoms with van der Waals surface area (Å²) in [6.45, 7) is 1.11. The SMILES string of the molecule is COc1ccc([C@H](C[NH2+][C@@H]2C[C@H]3CC=C[C@@H]32)[NH+](C)C)cc1OC. The van der Waals surface area contributed by atoms with Crippen molar-refractivity contribution in [3.8, 4) is 11.5 Å². The van der Waals surface area contributed by atoms with Crippen molar-refractivity contribution in [2.75, 3.05) is 34.9 Å². The van der Waals surface area contributed by atoms with Crippen molar-refractivity contribution in [1.82, 2.24) is 0 Å². The fourth-order valence-corrected chi connectivity index (χ4v) is 4.12. The Morgan fingerprint density at radius 3 is 2.65 bits per heavy atom. The number of nitrogens with one attached hydrogen (secondary N) is 1. The van der Waals surface area contributed by atoms with Gasteiger partial charge in [0.05, 0.1) is 34.4 Å². The summed E-state index contributed by atoms with van der Waals surface area (Å²) in [5.41, 5.74) is 1.32. The van der Waals surface area contributed by atoms with E-state index in [0.717, 1.165) is 35.9 Å². The number of benzene rings is 1.